The number of nitrogens with zero attached hydrogens (tertiary/aromatic N) is 4. The van der Waals surface area contributed by atoms with Crippen molar-refractivity contribution in [3.63, 3.8) is 0 Å². The van der Waals surface area contributed by atoms with Gasteiger partial charge in [-0.1, -0.05) is 23.4 Å². The van der Waals surface area contributed by atoms with E-state index in [1.54, 1.807) is 6.07 Å². The van der Waals surface area contributed by atoms with Crippen LogP contribution >= 0.6 is 23.4 Å². The van der Waals surface area contributed by atoms with Crippen molar-refractivity contribution in [1.82, 2.24) is 14.9 Å². The Morgan fingerprint density at radius 1 is 1.41 bits per heavy atom. The fraction of sp³-hybridized carbons (Fsp3) is 0.643. The van der Waals surface area contributed by atoms with Gasteiger partial charge in [0.25, 0.3) is 0 Å². The maximum absolute atomic E-state index is 12.3. The number of aromatic nitrogens is 2. The molecule has 0 N–H and O–H groups in total. The molecule has 0 saturated carbocycles. The van der Waals surface area contributed by atoms with Crippen LogP contribution in [0.1, 0.15) is 13.8 Å². The van der Waals surface area contributed by atoms with Crippen molar-refractivity contribution in [2.75, 3.05) is 37.8 Å². The molecule has 1 aliphatic rings. The molecule has 2 unspecified atom stereocenters. The van der Waals surface area contributed by atoms with Gasteiger partial charge in [-0.15, -0.1) is 0 Å². The largest absolute Gasteiger partial charge is 0.372 e. The number of hydrogen-bond donors (Lipinski definition) is 0. The normalized spacial score (nSPS) is 21.8. The predicted octanol–water partition coefficient (Wildman–Crippen LogP) is 1.92. The maximum Gasteiger partial charge on any atom is 0.233 e. The van der Waals surface area contributed by atoms with E-state index < -0.39 is 0 Å². The number of hydrogen-bond acceptors (Lipinski definition) is 6. The first-order chi connectivity index (χ1) is 10.3. The second-order valence-electron chi connectivity index (χ2n) is 5.57. The summed E-state index contributed by atoms with van der Waals surface area (Å²) in [5.74, 6) is 1.10. The number of thioether (sulfide) groups is 1. The maximum atomic E-state index is 12.3. The summed E-state index contributed by atoms with van der Waals surface area (Å²) in [6.07, 6.45) is 0.140. The fourth-order valence-corrected chi connectivity index (χ4v) is 3.26. The van der Waals surface area contributed by atoms with Crippen LogP contribution in [-0.4, -0.2) is 65.9 Å². The first-order valence-electron chi connectivity index (χ1n) is 7.13. The summed E-state index contributed by atoms with van der Waals surface area (Å²) < 4.78 is 5.64. The first-order valence-corrected chi connectivity index (χ1v) is 8.49. The summed E-state index contributed by atoms with van der Waals surface area (Å²) in [6.45, 7) is 5.21. The third-order valence-electron chi connectivity index (χ3n) is 3.22. The molecule has 122 valence electrons. The Hall–Kier alpha value is -1.05. The monoisotopic (exact) mass is 344 g/mol. The predicted molar refractivity (Wildman–Crippen MR) is 88.7 cm³/mol. The Morgan fingerprint density at radius 3 is 2.64 bits per heavy atom. The van der Waals surface area contributed by atoms with Crippen molar-refractivity contribution < 1.29 is 9.53 Å². The average Bonchev–Trinajstić information content (AvgIpc) is 2.43. The molecule has 1 amide bonds. The summed E-state index contributed by atoms with van der Waals surface area (Å²) >= 11 is 7.30. The number of ether oxygens (including phenoxy) is 1. The molecular weight excluding hydrogens is 324 g/mol. The average molecular weight is 345 g/mol. The zero-order valence-electron chi connectivity index (χ0n) is 13.2. The van der Waals surface area contributed by atoms with Gasteiger partial charge in [-0.25, -0.2) is 9.97 Å². The van der Waals surface area contributed by atoms with Gasteiger partial charge in [-0.2, -0.15) is 0 Å². The number of halogens is 1. The van der Waals surface area contributed by atoms with Gasteiger partial charge in [-0.3, -0.25) is 4.79 Å². The van der Waals surface area contributed by atoms with Gasteiger partial charge in [0.1, 0.15) is 11.0 Å². The van der Waals surface area contributed by atoms with Crippen LogP contribution in [0.3, 0.4) is 0 Å². The Kier molecular flexibility index (Phi) is 5.88. The smallest absolute Gasteiger partial charge is 0.233 e. The minimum atomic E-state index is 0.0699. The molecule has 6 nitrogen and oxygen atoms in total. The number of carbonyl (C=O) groups is 1. The molecule has 1 aliphatic heterocycles. The number of anilines is 1. The van der Waals surface area contributed by atoms with Crippen LogP contribution in [0.15, 0.2) is 11.2 Å². The summed E-state index contributed by atoms with van der Waals surface area (Å²) in [6, 6.07) is 1.69. The number of carbonyl (C=O) groups excluding carboxylic acids is 1. The molecule has 8 heteroatoms. The van der Waals surface area contributed by atoms with Crippen LogP contribution in [-0.2, 0) is 9.53 Å². The molecule has 2 atom stereocenters. The van der Waals surface area contributed by atoms with E-state index in [1.165, 1.54) is 11.8 Å². The topological polar surface area (TPSA) is 58.6 Å². The zero-order chi connectivity index (χ0) is 16.3. The van der Waals surface area contributed by atoms with Gasteiger partial charge >= 0.3 is 0 Å². The lowest BCUT2D eigenvalue weighted by Crippen LogP contribution is -2.48. The summed E-state index contributed by atoms with van der Waals surface area (Å²) in [7, 11) is 3.77. The lowest BCUT2D eigenvalue weighted by atomic mass is 10.2. The molecule has 0 radical (unpaired) electrons. The number of morpholine rings is 1. The molecule has 22 heavy (non-hydrogen) atoms. The number of rotatable bonds is 4. The van der Waals surface area contributed by atoms with Crippen molar-refractivity contribution in [1.29, 1.82) is 0 Å². The van der Waals surface area contributed by atoms with E-state index in [4.69, 9.17) is 16.3 Å². The summed E-state index contributed by atoms with van der Waals surface area (Å²) in [5, 5.41) is 0.890. The van der Waals surface area contributed by atoms with Gasteiger partial charge in [0, 0.05) is 33.3 Å². The minimum absolute atomic E-state index is 0.0699. The van der Waals surface area contributed by atoms with Crippen LogP contribution in [0.25, 0.3) is 0 Å². The van der Waals surface area contributed by atoms with Gasteiger partial charge < -0.3 is 14.5 Å². The highest BCUT2D eigenvalue weighted by Gasteiger charge is 2.25. The SMILES string of the molecule is CC1CN(C(=O)CSc2nc(Cl)cc(N(C)C)n2)CC(C)O1. The third-order valence-corrected chi connectivity index (χ3v) is 4.24. The molecule has 1 aromatic rings. The Balaban J connectivity index is 1.96. The minimum Gasteiger partial charge on any atom is -0.372 e. The molecule has 1 fully saturated rings. The van der Waals surface area contributed by atoms with E-state index in [2.05, 4.69) is 9.97 Å². The second kappa shape index (κ2) is 7.48. The highest BCUT2D eigenvalue weighted by atomic mass is 35.5. The molecule has 1 saturated heterocycles. The lowest BCUT2D eigenvalue weighted by Gasteiger charge is -2.35. The van der Waals surface area contributed by atoms with Crippen molar-refractivity contribution >= 4 is 35.1 Å². The summed E-state index contributed by atoms with van der Waals surface area (Å²) in [4.78, 5) is 24.5. The van der Waals surface area contributed by atoms with Crippen molar-refractivity contribution in [3.05, 3.63) is 11.2 Å². The van der Waals surface area contributed by atoms with Crippen molar-refractivity contribution in [3.8, 4) is 0 Å². The summed E-state index contributed by atoms with van der Waals surface area (Å²) in [5.41, 5.74) is 0. The molecule has 0 aliphatic carbocycles. The van der Waals surface area contributed by atoms with Crippen molar-refractivity contribution in [2.45, 2.75) is 31.2 Å². The van der Waals surface area contributed by atoms with Gasteiger partial charge in [0.2, 0.25) is 5.91 Å². The molecule has 0 aromatic carbocycles. The van der Waals surface area contributed by atoms with Crippen LogP contribution < -0.4 is 4.90 Å². The number of amides is 1. The standard InChI is InChI=1S/C14H21ClN4O2S/c1-9-6-19(7-10(2)21-9)13(20)8-22-14-16-11(15)5-12(17-14)18(3)4/h5,9-10H,6-8H2,1-4H3. The van der Waals surface area contributed by atoms with Gasteiger partial charge in [0.05, 0.1) is 18.0 Å². The highest BCUT2D eigenvalue weighted by molar-refractivity contribution is 7.99. The quantitative estimate of drug-likeness (QED) is 0.472. The Labute approximate surface area is 140 Å². The zero-order valence-corrected chi connectivity index (χ0v) is 14.8. The molecule has 2 heterocycles. The Morgan fingerprint density at radius 2 is 2.05 bits per heavy atom. The van der Waals surface area contributed by atoms with Crippen molar-refractivity contribution in [2.24, 2.45) is 0 Å². The molecule has 0 bridgehead atoms. The second-order valence-corrected chi connectivity index (χ2v) is 6.90. The van der Waals surface area contributed by atoms with Gasteiger partial charge in [-0.05, 0) is 13.8 Å². The van der Waals surface area contributed by atoms with E-state index >= 15 is 0 Å². The van der Waals surface area contributed by atoms with Crippen LogP contribution in [0, 0.1) is 0 Å². The highest BCUT2D eigenvalue weighted by Crippen LogP contribution is 2.21. The molecule has 1 aromatic heterocycles. The van der Waals surface area contributed by atoms with E-state index in [-0.39, 0.29) is 18.1 Å². The van der Waals surface area contributed by atoms with E-state index in [1.807, 2.05) is 37.7 Å². The van der Waals surface area contributed by atoms with Crippen LogP contribution in [0.2, 0.25) is 5.15 Å². The van der Waals surface area contributed by atoms with E-state index in [9.17, 15) is 4.79 Å². The van der Waals surface area contributed by atoms with Crippen LogP contribution in [0.4, 0.5) is 5.82 Å². The van der Waals surface area contributed by atoms with Crippen LogP contribution in [0.5, 0.6) is 0 Å². The Bertz CT molecular complexity index is 534. The molecule has 2 rings (SSSR count). The van der Waals surface area contributed by atoms with E-state index in [0.29, 0.717) is 29.2 Å². The molecular formula is C14H21ClN4O2S. The van der Waals surface area contributed by atoms with E-state index in [0.717, 1.165) is 5.82 Å². The third kappa shape index (κ3) is 4.72. The lowest BCUT2D eigenvalue weighted by molar-refractivity contribution is -0.140. The fourth-order valence-electron chi connectivity index (χ4n) is 2.28. The molecule has 0 spiro atoms. The first kappa shape index (κ1) is 17.3. The van der Waals surface area contributed by atoms with Gasteiger partial charge in [0.15, 0.2) is 5.16 Å².